The van der Waals surface area contributed by atoms with Crippen LogP contribution in [0.15, 0.2) is 0 Å². The van der Waals surface area contributed by atoms with Crippen molar-refractivity contribution in [1.82, 2.24) is 10.2 Å². The molecule has 1 N–H and O–H groups in total. The summed E-state index contributed by atoms with van der Waals surface area (Å²) < 4.78 is 0. The molecule has 4 nitrogen and oxygen atoms in total. The van der Waals surface area contributed by atoms with Crippen LogP contribution in [0.3, 0.4) is 0 Å². The van der Waals surface area contributed by atoms with Crippen LogP contribution < -0.4 is 5.32 Å². The highest BCUT2D eigenvalue weighted by molar-refractivity contribution is 5.94. The molecular formula is C14H24N2O2. The Morgan fingerprint density at radius 2 is 1.94 bits per heavy atom. The third-order valence-corrected chi connectivity index (χ3v) is 4.23. The molecule has 0 bridgehead atoms. The van der Waals surface area contributed by atoms with Gasteiger partial charge in [-0.15, -0.1) is 0 Å². The van der Waals surface area contributed by atoms with Crippen LogP contribution in [0.25, 0.3) is 0 Å². The first-order valence-corrected chi connectivity index (χ1v) is 7.21. The van der Waals surface area contributed by atoms with Crippen molar-refractivity contribution in [2.24, 2.45) is 0 Å². The van der Waals surface area contributed by atoms with Crippen LogP contribution in [0.2, 0.25) is 0 Å². The Morgan fingerprint density at radius 1 is 1.28 bits per heavy atom. The molecule has 1 saturated carbocycles. The van der Waals surface area contributed by atoms with E-state index in [0.717, 1.165) is 38.6 Å². The number of hydrogen-bond acceptors (Lipinski definition) is 2. The number of rotatable bonds is 2. The maximum atomic E-state index is 12.8. The van der Waals surface area contributed by atoms with Crippen molar-refractivity contribution >= 4 is 11.8 Å². The fourth-order valence-corrected chi connectivity index (χ4v) is 3.28. The summed E-state index contributed by atoms with van der Waals surface area (Å²) >= 11 is 0. The topological polar surface area (TPSA) is 49.4 Å². The zero-order valence-electron chi connectivity index (χ0n) is 11.5. The fraction of sp³-hybridized carbons (Fsp3) is 0.857. The van der Waals surface area contributed by atoms with E-state index >= 15 is 0 Å². The summed E-state index contributed by atoms with van der Waals surface area (Å²) in [5, 5.41) is 3.03. The molecule has 0 aromatic rings. The molecule has 1 aliphatic heterocycles. The molecule has 102 valence electrons. The van der Waals surface area contributed by atoms with Gasteiger partial charge in [0.2, 0.25) is 11.8 Å². The molecule has 1 heterocycles. The molecule has 2 fully saturated rings. The van der Waals surface area contributed by atoms with E-state index < -0.39 is 5.54 Å². The van der Waals surface area contributed by atoms with E-state index in [-0.39, 0.29) is 17.9 Å². The third-order valence-electron chi connectivity index (χ3n) is 4.23. The Bertz CT molecular complexity index is 335. The summed E-state index contributed by atoms with van der Waals surface area (Å²) in [6.07, 6.45) is 6.26. The minimum atomic E-state index is -0.588. The van der Waals surface area contributed by atoms with Crippen LogP contribution in [0.4, 0.5) is 0 Å². The van der Waals surface area contributed by atoms with E-state index in [0.29, 0.717) is 6.42 Å². The molecule has 0 aromatic carbocycles. The van der Waals surface area contributed by atoms with Crippen molar-refractivity contribution < 1.29 is 9.59 Å². The number of amides is 2. The molecule has 18 heavy (non-hydrogen) atoms. The minimum Gasteiger partial charge on any atom is -0.342 e. The van der Waals surface area contributed by atoms with Crippen LogP contribution in [-0.2, 0) is 9.59 Å². The van der Waals surface area contributed by atoms with Gasteiger partial charge in [0.1, 0.15) is 5.54 Å². The van der Waals surface area contributed by atoms with Crippen molar-refractivity contribution in [3.63, 3.8) is 0 Å². The van der Waals surface area contributed by atoms with E-state index in [1.54, 1.807) is 0 Å². The Labute approximate surface area is 109 Å². The fourth-order valence-electron chi connectivity index (χ4n) is 3.28. The van der Waals surface area contributed by atoms with Crippen molar-refractivity contribution in [2.45, 2.75) is 70.4 Å². The molecule has 0 aromatic heterocycles. The van der Waals surface area contributed by atoms with E-state index in [9.17, 15) is 9.59 Å². The molecule has 1 spiro atoms. The number of hydrogen-bond donors (Lipinski definition) is 1. The van der Waals surface area contributed by atoms with Gasteiger partial charge in [0.05, 0.1) is 0 Å². The summed E-state index contributed by atoms with van der Waals surface area (Å²) in [7, 11) is 0. The summed E-state index contributed by atoms with van der Waals surface area (Å²) in [5.41, 5.74) is -0.588. The lowest BCUT2D eigenvalue weighted by Gasteiger charge is -2.39. The Hall–Kier alpha value is -1.06. The van der Waals surface area contributed by atoms with Gasteiger partial charge >= 0.3 is 0 Å². The summed E-state index contributed by atoms with van der Waals surface area (Å²) in [5.74, 6) is 0.193. The lowest BCUT2D eigenvalue weighted by molar-refractivity contribution is -0.141. The molecular weight excluding hydrogens is 228 g/mol. The average molecular weight is 252 g/mol. The van der Waals surface area contributed by atoms with Gasteiger partial charge < -0.3 is 10.2 Å². The van der Waals surface area contributed by atoms with Gasteiger partial charge in [-0.2, -0.15) is 0 Å². The molecule has 2 amide bonds. The normalized spacial score (nSPS) is 28.1. The van der Waals surface area contributed by atoms with Crippen molar-refractivity contribution in [3.8, 4) is 0 Å². The predicted octanol–water partition coefficient (Wildman–Crippen LogP) is 1.84. The average Bonchev–Trinajstić information content (AvgIpc) is 2.42. The maximum Gasteiger partial charge on any atom is 0.248 e. The number of nitrogens with one attached hydrogen (secondary N) is 1. The van der Waals surface area contributed by atoms with Crippen LogP contribution in [-0.4, -0.2) is 34.8 Å². The van der Waals surface area contributed by atoms with E-state index in [1.165, 1.54) is 6.42 Å². The number of carbonyl (C=O) groups excluding carboxylic acids is 2. The van der Waals surface area contributed by atoms with Crippen LogP contribution in [0, 0.1) is 0 Å². The van der Waals surface area contributed by atoms with Gasteiger partial charge in [0.25, 0.3) is 0 Å². The molecule has 4 heteroatoms. The quantitative estimate of drug-likeness (QED) is 0.815. The molecule has 2 aliphatic rings. The second kappa shape index (κ2) is 5.29. The predicted molar refractivity (Wildman–Crippen MR) is 70.0 cm³/mol. The highest BCUT2D eigenvalue weighted by atomic mass is 16.2. The first-order valence-electron chi connectivity index (χ1n) is 7.21. The smallest absolute Gasteiger partial charge is 0.248 e. The summed E-state index contributed by atoms with van der Waals surface area (Å²) in [6.45, 7) is 4.82. The molecule has 1 aliphatic carbocycles. The van der Waals surface area contributed by atoms with Crippen molar-refractivity contribution in [1.29, 1.82) is 0 Å². The lowest BCUT2D eigenvalue weighted by atomic mass is 9.80. The van der Waals surface area contributed by atoms with Gasteiger partial charge in [0.15, 0.2) is 0 Å². The third kappa shape index (κ3) is 2.38. The number of nitrogens with zero attached hydrogens (tertiary/aromatic N) is 1. The van der Waals surface area contributed by atoms with E-state index in [1.807, 2.05) is 11.8 Å². The minimum absolute atomic E-state index is 0.0266. The van der Waals surface area contributed by atoms with Gasteiger partial charge in [-0.3, -0.25) is 9.59 Å². The highest BCUT2D eigenvalue weighted by Crippen LogP contribution is 2.32. The summed E-state index contributed by atoms with van der Waals surface area (Å²) in [4.78, 5) is 26.7. The lowest BCUT2D eigenvalue weighted by Crippen LogP contribution is -2.58. The monoisotopic (exact) mass is 252 g/mol. The van der Waals surface area contributed by atoms with Gasteiger partial charge in [0, 0.05) is 19.0 Å². The zero-order chi connectivity index (χ0) is 13.2. The van der Waals surface area contributed by atoms with Crippen LogP contribution in [0.1, 0.15) is 58.8 Å². The second-order valence-corrected chi connectivity index (χ2v) is 5.74. The number of carbonyl (C=O) groups is 2. The first-order chi connectivity index (χ1) is 8.59. The van der Waals surface area contributed by atoms with Gasteiger partial charge in [-0.1, -0.05) is 26.2 Å². The SMILES string of the molecule is CCCN1C(=O)C2(CCCCC2)NC(=O)CC1C. The molecule has 2 rings (SSSR count). The zero-order valence-corrected chi connectivity index (χ0v) is 11.5. The maximum absolute atomic E-state index is 12.8. The van der Waals surface area contributed by atoms with Crippen molar-refractivity contribution in [2.75, 3.05) is 6.54 Å². The van der Waals surface area contributed by atoms with Crippen molar-refractivity contribution in [3.05, 3.63) is 0 Å². The first kappa shape index (κ1) is 13.4. The Balaban J connectivity index is 2.27. The molecule has 1 atom stereocenters. The second-order valence-electron chi connectivity index (χ2n) is 5.74. The standard InChI is InChI=1S/C14H24N2O2/c1-3-9-16-11(2)10-12(17)15-14(13(16)18)7-5-4-6-8-14/h11H,3-10H2,1-2H3,(H,15,17). The van der Waals surface area contributed by atoms with Gasteiger partial charge in [-0.05, 0) is 26.2 Å². The Kier molecular flexibility index (Phi) is 3.93. The Morgan fingerprint density at radius 3 is 2.56 bits per heavy atom. The molecule has 0 radical (unpaired) electrons. The summed E-state index contributed by atoms with van der Waals surface area (Å²) in [6, 6.07) is 0.0266. The molecule has 1 saturated heterocycles. The highest BCUT2D eigenvalue weighted by Gasteiger charge is 2.46. The van der Waals surface area contributed by atoms with E-state index in [4.69, 9.17) is 0 Å². The van der Waals surface area contributed by atoms with E-state index in [2.05, 4.69) is 12.2 Å². The molecule has 1 unspecified atom stereocenters. The van der Waals surface area contributed by atoms with Gasteiger partial charge in [-0.25, -0.2) is 0 Å². The largest absolute Gasteiger partial charge is 0.342 e. The van der Waals surface area contributed by atoms with Crippen LogP contribution >= 0.6 is 0 Å². The van der Waals surface area contributed by atoms with Crippen LogP contribution in [0.5, 0.6) is 0 Å².